The molecule has 0 radical (unpaired) electrons. The van der Waals surface area contributed by atoms with Crippen LogP contribution in [0.4, 0.5) is 0 Å². The van der Waals surface area contributed by atoms with E-state index in [2.05, 4.69) is 5.32 Å². The predicted molar refractivity (Wildman–Crippen MR) is 79.7 cm³/mol. The Bertz CT molecular complexity index is 424. The highest BCUT2D eigenvalue weighted by molar-refractivity contribution is 5.86. The number of hydrogen-bond donors (Lipinski definition) is 2. The highest BCUT2D eigenvalue weighted by atomic mass is 16.4. The van der Waals surface area contributed by atoms with Gasteiger partial charge in [0.05, 0.1) is 0 Å². The standard InChI is InChI=1S/C17H27NO3/c1-3-16(2,15(20)21)18-14(19)10-17-7-11-4-12(8-17)6-13(5-11)9-17/h11-13H,3-10H2,1-2H3,(H,18,19)(H,20,21). The zero-order valence-electron chi connectivity index (χ0n) is 13.2. The van der Waals surface area contributed by atoms with Gasteiger partial charge < -0.3 is 10.4 Å². The minimum absolute atomic E-state index is 0.0660. The minimum Gasteiger partial charge on any atom is -0.480 e. The summed E-state index contributed by atoms with van der Waals surface area (Å²) in [5, 5.41) is 12.1. The highest BCUT2D eigenvalue weighted by Crippen LogP contribution is 2.61. The Morgan fingerprint density at radius 1 is 1.14 bits per heavy atom. The molecule has 21 heavy (non-hydrogen) atoms. The van der Waals surface area contributed by atoms with Crippen molar-refractivity contribution in [2.75, 3.05) is 0 Å². The summed E-state index contributed by atoms with van der Waals surface area (Å²) < 4.78 is 0. The molecule has 0 aromatic carbocycles. The van der Waals surface area contributed by atoms with Gasteiger partial charge in [-0.25, -0.2) is 4.79 Å². The molecule has 4 bridgehead atoms. The lowest BCUT2D eigenvalue weighted by molar-refractivity contribution is -0.148. The van der Waals surface area contributed by atoms with Gasteiger partial charge in [0, 0.05) is 6.42 Å². The van der Waals surface area contributed by atoms with E-state index in [0.29, 0.717) is 12.8 Å². The molecule has 118 valence electrons. The molecule has 1 unspecified atom stereocenters. The Labute approximate surface area is 126 Å². The summed E-state index contributed by atoms with van der Waals surface area (Å²) in [6.45, 7) is 3.41. The second kappa shape index (κ2) is 4.99. The molecule has 0 aromatic rings. The van der Waals surface area contributed by atoms with Crippen molar-refractivity contribution in [3.8, 4) is 0 Å². The first-order valence-electron chi connectivity index (χ1n) is 8.38. The molecule has 4 fully saturated rings. The van der Waals surface area contributed by atoms with Gasteiger partial charge in [-0.3, -0.25) is 4.79 Å². The summed E-state index contributed by atoms with van der Waals surface area (Å²) in [5.41, 5.74) is -0.953. The third kappa shape index (κ3) is 2.69. The first kappa shape index (κ1) is 14.9. The third-order valence-corrected chi connectivity index (χ3v) is 6.30. The Balaban J connectivity index is 1.66. The Hall–Kier alpha value is -1.06. The number of carbonyl (C=O) groups excluding carboxylic acids is 1. The molecule has 0 aliphatic heterocycles. The minimum atomic E-state index is -1.13. The maximum absolute atomic E-state index is 12.4. The number of carbonyl (C=O) groups is 2. The average molecular weight is 293 g/mol. The molecule has 0 aromatic heterocycles. The third-order valence-electron chi connectivity index (χ3n) is 6.30. The lowest BCUT2D eigenvalue weighted by atomic mass is 9.49. The summed E-state index contributed by atoms with van der Waals surface area (Å²) >= 11 is 0. The van der Waals surface area contributed by atoms with Crippen molar-refractivity contribution in [3.05, 3.63) is 0 Å². The lowest BCUT2D eigenvalue weighted by Crippen LogP contribution is -2.54. The van der Waals surface area contributed by atoms with Gasteiger partial charge in [0.1, 0.15) is 5.54 Å². The molecule has 4 aliphatic rings. The fourth-order valence-electron chi connectivity index (χ4n) is 5.49. The van der Waals surface area contributed by atoms with E-state index in [1.165, 1.54) is 38.5 Å². The van der Waals surface area contributed by atoms with Gasteiger partial charge in [0.25, 0.3) is 0 Å². The van der Waals surface area contributed by atoms with E-state index in [1.807, 2.05) is 0 Å². The molecule has 0 saturated heterocycles. The van der Waals surface area contributed by atoms with Gasteiger partial charge in [0.2, 0.25) is 5.91 Å². The van der Waals surface area contributed by atoms with Crippen molar-refractivity contribution in [1.29, 1.82) is 0 Å². The maximum atomic E-state index is 12.4. The van der Waals surface area contributed by atoms with Crippen LogP contribution in [-0.4, -0.2) is 22.5 Å². The van der Waals surface area contributed by atoms with E-state index >= 15 is 0 Å². The summed E-state index contributed by atoms with van der Waals surface area (Å²) in [6, 6.07) is 0. The number of carboxylic acids is 1. The van der Waals surface area contributed by atoms with Crippen LogP contribution in [0.15, 0.2) is 0 Å². The second-order valence-electron chi connectivity index (χ2n) is 8.13. The van der Waals surface area contributed by atoms with Gasteiger partial charge in [0.15, 0.2) is 0 Å². The molecule has 4 rings (SSSR count). The van der Waals surface area contributed by atoms with E-state index in [1.54, 1.807) is 13.8 Å². The molecule has 0 heterocycles. The number of rotatable bonds is 5. The molecule has 4 aliphatic carbocycles. The van der Waals surface area contributed by atoms with E-state index in [9.17, 15) is 14.7 Å². The molecule has 4 nitrogen and oxygen atoms in total. The topological polar surface area (TPSA) is 66.4 Å². The van der Waals surface area contributed by atoms with Gasteiger partial charge in [-0.05, 0) is 75.0 Å². The van der Waals surface area contributed by atoms with Crippen LogP contribution in [0.2, 0.25) is 0 Å². The molecule has 1 atom stereocenters. The Kier molecular flexibility index (Phi) is 3.53. The smallest absolute Gasteiger partial charge is 0.329 e. The fraction of sp³-hybridized carbons (Fsp3) is 0.882. The van der Waals surface area contributed by atoms with Crippen LogP contribution in [0.25, 0.3) is 0 Å². The van der Waals surface area contributed by atoms with Crippen molar-refractivity contribution < 1.29 is 14.7 Å². The monoisotopic (exact) mass is 293 g/mol. The molecule has 1 amide bonds. The SMILES string of the molecule is CCC(C)(NC(=O)CC12CC3CC(CC(C3)C1)C2)C(=O)O. The zero-order valence-corrected chi connectivity index (χ0v) is 13.2. The first-order chi connectivity index (χ1) is 9.84. The average Bonchev–Trinajstić information content (AvgIpc) is 2.35. The first-order valence-corrected chi connectivity index (χ1v) is 8.38. The molecular formula is C17H27NO3. The predicted octanol–water partition coefficient (Wildman–Crippen LogP) is 2.96. The summed E-state index contributed by atoms with van der Waals surface area (Å²) in [6.07, 6.45) is 8.58. The Morgan fingerprint density at radius 2 is 1.62 bits per heavy atom. The molecule has 4 heteroatoms. The van der Waals surface area contributed by atoms with Crippen molar-refractivity contribution >= 4 is 11.9 Å². The number of aliphatic carboxylic acids is 1. The van der Waals surface area contributed by atoms with E-state index in [0.717, 1.165) is 17.8 Å². The van der Waals surface area contributed by atoms with Crippen LogP contribution in [0.5, 0.6) is 0 Å². The number of hydrogen-bond acceptors (Lipinski definition) is 2. The van der Waals surface area contributed by atoms with Gasteiger partial charge in [-0.15, -0.1) is 0 Å². The van der Waals surface area contributed by atoms with Crippen LogP contribution in [0, 0.1) is 23.2 Å². The van der Waals surface area contributed by atoms with Crippen LogP contribution in [0.1, 0.15) is 65.2 Å². The number of amides is 1. The lowest BCUT2D eigenvalue weighted by Gasteiger charge is -2.56. The molecule has 2 N–H and O–H groups in total. The fourth-order valence-corrected chi connectivity index (χ4v) is 5.49. The van der Waals surface area contributed by atoms with Crippen molar-refractivity contribution in [3.63, 3.8) is 0 Å². The summed E-state index contributed by atoms with van der Waals surface area (Å²) in [7, 11) is 0. The van der Waals surface area contributed by atoms with Crippen LogP contribution in [0.3, 0.4) is 0 Å². The Morgan fingerprint density at radius 3 is 2.00 bits per heavy atom. The van der Waals surface area contributed by atoms with Gasteiger partial charge in [-0.2, -0.15) is 0 Å². The van der Waals surface area contributed by atoms with E-state index < -0.39 is 11.5 Å². The number of nitrogens with one attached hydrogen (secondary N) is 1. The summed E-state index contributed by atoms with van der Waals surface area (Å²) in [5.74, 6) is 1.45. The molecular weight excluding hydrogens is 266 g/mol. The molecule has 4 saturated carbocycles. The van der Waals surface area contributed by atoms with Gasteiger partial charge in [-0.1, -0.05) is 6.92 Å². The molecule has 0 spiro atoms. The van der Waals surface area contributed by atoms with Crippen molar-refractivity contribution in [1.82, 2.24) is 5.32 Å². The maximum Gasteiger partial charge on any atom is 0.329 e. The van der Waals surface area contributed by atoms with Crippen LogP contribution in [-0.2, 0) is 9.59 Å². The van der Waals surface area contributed by atoms with Crippen molar-refractivity contribution in [2.24, 2.45) is 23.2 Å². The van der Waals surface area contributed by atoms with Crippen molar-refractivity contribution in [2.45, 2.75) is 70.8 Å². The van der Waals surface area contributed by atoms with Crippen LogP contribution < -0.4 is 5.32 Å². The van der Waals surface area contributed by atoms with Crippen LogP contribution >= 0.6 is 0 Å². The summed E-state index contributed by atoms with van der Waals surface area (Å²) in [4.78, 5) is 23.8. The van der Waals surface area contributed by atoms with Gasteiger partial charge >= 0.3 is 5.97 Å². The second-order valence-corrected chi connectivity index (χ2v) is 8.13. The van der Waals surface area contributed by atoms with E-state index in [-0.39, 0.29) is 11.3 Å². The van der Waals surface area contributed by atoms with E-state index in [4.69, 9.17) is 0 Å². The zero-order chi connectivity index (χ0) is 15.3. The quantitative estimate of drug-likeness (QED) is 0.819. The highest BCUT2D eigenvalue weighted by Gasteiger charge is 2.51. The number of carboxylic acid groups (broad SMARTS) is 1. The largest absolute Gasteiger partial charge is 0.480 e. The normalized spacial score (nSPS) is 39.8.